The minimum Gasteiger partial charge on any atom is -0.467 e. The summed E-state index contributed by atoms with van der Waals surface area (Å²) in [7, 11) is 0. The first-order chi connectivity index (χ1) is 13.4. The van der Waals surface area contributed by atoms with Gasteiger partial charge in [-0.05, 0) is 43.2 Å². The molecule has 28 heavy (non-hydrogen) atoms. The molecule has 2 rings (SSSR count). The Morgan fingerprint density at radius 1 is 1.29 bits per heavy atom. The van der Waals surface area contributed by atoms with Crippen LogP contribution in [0.25, 0.3) is 0 Å². The van der Waals surface area contributed by atoms with E-state index in [0.29, 0.717) is 17.7 Å². The van der Waals surface area contributed by atoms with Crippen LogP contribution in [0.5, 0.6) is 0 Å². The Hall–Kier alpha value is -3.14. The van der Waals surface area contributed by atoms with Gasteiger partial charge in [0.25, 0.3) is 5.91 Å². The van der Waals surface area contributed by atoms with Crippen molar-refractivity contribution in [1.82, 2.24) is 4.90 Å². The van der Waals surface area contributed by atoms with Gasteiger partial charge in [0.2, 0.25) is 0 Å². The molecule has 1 aromatic carbocycles. The summed E-state index contributed by atoms with van der Waals surface area (Å²) in [6.07, 6.45) is 0.960. The monoisotopic (exact) mass is 386 g/mol. The highest BCUT2D eigenvalue weighted by molar-refractivity contribution is 5.84. The molecule has 2 unspecified atom stereocenters. The summed E-state index contributed by atoms with van der Waals surface area (Å²) >= 11 is 0. The molecule has 0 N–H and O–H groups in total. The van der Waals surface area contributed by atoms with E-state index < -0.39 is 23.9 Å². The summed E-state index contributed by atoms with van der Waals surface area (Å²) in [5.74, 6) is -1.27. The van der Waals surface area contributed by atoms with Crippen LogP contribution in [0, 0.1) is 23.1 Å². The quantitative estimate of drug-likeness (QED) is 0.616. The number of amides is 1. The molecule has 6 nitrogen and oxygen atoms in total. The normalized spacial score (nSPS) is 12.6. The number of nitriles is 1. The molecule has 0 aliphatic carbocycles. The fourth-order valence-electron chi connectivity index (χ4n) is 2.74. The maximum atomic E-state index is 13.3. The molecule has 0 saturated heterocycles. The number of ether oxygens (including phenoxy) is 1. The summed E-state index contributed by atoms with van der Waals surface area (Å²) in [6.45, 7) is 3.56. The summed E-state index contributed by atoms with van der Waals surface area (Å²) < 4.78 is 23.9. The molecule has 1 amide bonds. The van der Waals surface area contributed by atoms with Gasteiger partial charge in [-0.3, -0.25) is 9.59 Å². The molecule has 1 heterocycles. The topological polar surface area (TPSA) is 83.5 Å². The number of nitrogens with zero attached hydrogens (tertiary/aromatic N) is 2. The fraction of sp³-hybridized carbons (Fsp3) is 0.381. The highest BCUT2D eigenvalue weighted by Crippen LogP contribution is 2.14. The number of halogens is 1. The van der Waals surface area contributed by atoms with E-state index in [4.69, 9.17) is 14.4 Å². The van der Waals surface area contributed by atoms with E-state index in [2.05, 4.69) is 0 Å². The molecule has 2 atom stereocenters. The average Bonchev–Trinajstić information content (AvgIpc) is 3.17. The van der Waals surface area contributed by atoms with Gasteiger partial charge in [0.1, 0.15) is 11.6 Å². The van der Waals surface area contributed by atoms with Crippen molar-refractivity contribution in [3.05, 3.63) is 59.8 Å². The summed E-state index contributed by atoms with van der Waals surface area (Å²) in [4.78, 5) is 26.5. The van der Waals surface area contributed by atoms with Gasteiger partial charge in [-0.1, -0.05) is 19.1 Å². The lowest BCUT2D eigenvalue weighted by molar-refractivity contribution is -0.162. The van der Waals surface area contributed by atoms with Crippen molar-refractivity contribution < 1.29 is 23.1 Å². The summed E-state index contributed by atoms with van der Waals surface area (Å²) in [5, 5.41) is 8.82. The van der Waals surface area contributed by atoms with Gasteiger partial charge in [-0.25, -0.2) is 4.39 Å². The van der Waals surface area contributed by atoms with Crippen molar-refractivity contribution in [2.24, 2.45) is 5.92 Å². The molecular weight excluding hydrogens is 363 g/mol. The molecule has 0 spiro atoms. The molecule has 0 aliphatic rings. The zero-order valence-corrected chi connectivity index (χ0v) is 15.9. The van der Waals surface area contributed by atoms with E-state index >= 15 is 0 Å². The lowest BCUT2D eigenvalue weighted by atomic mass is 10.0. The maximum Gasteiger partial charge on any atom is 0.309 e. The van der Waals surface area contributed by atoms with E-state index in [-0.39, 0.29) is 25.3 Å². The molecule has 0 aliphatic heterocycles. The van der Waals surface area contributed by atoms with Crippen LogP contribution in [-0.2, 0) is 27.3 Å². The Morgan fingerprint density at radius 3 is 2.71 bits per heavy atom. The van der Waals surface area contributed by atoms with Crippen LogP contribution in [-0.4, -0.2) is 29.4 Å². The number of hydrogen-bond acceptors (Lipinski definition) is 5. The van der Waals surface area contributed by atoms with Crippen molar-refractivity contribution in [2.75, 3.05) is 6.54 Å². The van der Waals surface area contributed by atoms with Crippen molar-refractivity contribution in [2.45, 2.75) is 39.3 Å². The number of hydrogen-bond donors (Lipinski definition) is 0. The highest BCUT2D eigenvalue weighted by Gasteiger charge is 2.26. The van der Waals surface area contributed by atoms with E-state index in [1.807, 2.05) is 6.07 Å². The third-order valence-corrected chi connectivity index (χ3v) is 4.21. The van der Waals surface area contributed by atoms with Crippen molar-refractivity contribution >= 4 is 11.9 Å². The number of esters is 1. The van der Waals surface area contributed by atoms with Gasteiger partial charge in [0.15, 0.2) is 6.10 Å². The van der Waals surface area contributed by atoms with Crippen LogP contribution >= 0.6 is 0 Å². The smallest absolute Gasteiger partial charge is 0.309 e. The van der Waals surface area contributed by atoms with Crippen LogP contribution in [0.2, 0.25) is 0 Å². The maximum absolute atomic E-state index is 13.3. The summed E-state index contributed by atoms with van der Waals surface area (Å²) in [5.41, 5.74) is 0.678. The number of benzene rings is 1. The Kier molecular flexibility index (Phi) is 7.76. The van der Waals surface area contributed by atoms with Crippen LogP contribution in [0.4, 0.5) is 4.39 Å². The Labute approximate surface area is 163 Å². The van der Waals surface area contributed by atoms with Crippen LogP contribution < -0.4 is 0 Å². The molecule has 0 saturated carbocycles. The number of rotatable bonds is 9. The first-order valence-electron chi connectivity index (χ1n) is 9.03. The van der Waals surface area contributed by atoms with Crippen molar-refractivity contribution in [3.8, 4) is 6.07 Å². The molecule has 7 heteroatoms. The van der Waals surface area contributed by atoms with Crippen molar-refractivity contribution in [3.63, 3.8) is 0 Å². The lowest BCUT2D eigenvalue weighted by Crippen LogP contribution is -2.40. The predicted molar refractivity (Wildman–Crippen MR) is 99.2 cm³/mol. The van der Waals surface area contributed by atoms with Crippen LogP contribution in [0.15, 0.2) is 47.1 Å². The zero-order chi connectivity index (χ0) is 20.5. The van der Waals surface area contributed by atoms with E-state index in [1.165, 1.54) is 30.2 Å². The van der Waals surface area contributed by atoms with E-state index in [0.717, 1.165) is 0 Å². The predicted octanol–water partition coefficient (Wildman–Crippen LogP) is 3.47. The highest BCUT2D eigenvalue weighted by atomic mass is 19.1. The fourth-order valence-corrected chi connectivity index (χ4v) is 2.74. The Morgan fingerprint density at radius 2 is 2.07 bits per heavy atom. The van der Waals surface area contributed by atoms with Gasteiger partial charge in [-0.15, -0.1) is 0 Å². The first-order valence-corrected chi connectivity index (χ1v) is 9.03. The van der Waals surface area contributed by atoms with Gasteiger partial charge >= 0.3 is 5.97 Å². The Bertz CT molecular complexity index is 829. The van der Waals surface area contributed by atoms with Gasteiger partial charge in [0, 0.05) is 6.54 Å². The lowest BCUT2D eigenvalue weighted by Gasteiger charge is -2.25. The standard InChI is InChI=1S/C21H23FN2O4/c1-15(12-17-6-3-7-18(22)13-17)21(26)28-16(2)20(25)24(10-5-9-23)14-19-8-4-11-27-19/h3-4,6-8,11,13,15-16H,5,10,12,14H2,1-2H3. The van der Waals surface area contributed by atoms with E-state index in [1.54, 1.807) is 31.2 Å². The molecule has 0 fully saturated rings. The second-order valence-corrected chi connectivity index (χ2v) is 6.56. The number of carbonyl (C=O) groups is 2. The minimum atomic E-state index is -1.00. The molecule has 148 valence electrons. The third-order valence-electron chi connectivity index (χ3n) is 4.21. The molecule has 2 aromatic rings. The number of carbonyl (C=O) groups excluding carboxylic acids is 2. The minimum absolute atomic E-state index is 0.156. The van der Waals surface area contributed by atoms with Crippen LogP contribution in [0.1, 0.15) is 31.6 Å². The largest absolute Gasteiger partial charge is 0.467 e. The molecule has 0 radical (unpaired) electrons. The molecule has 1 aromatic heterocycles. The summed E-state index contributed by atoms with van der Waals surface area (Å²) in [6, 6.07) is 11.4. The number of furan rings is 1. The second kappa shape index (κ2) is 10.3. The van der Waals surface area contributed by atoms with E-state index in [9.17, 15) is 14.0 Å². The average molecular weight is 386 g/mol. The van der Waals surface area contributed by atoms with Gasteiger partial charge < -0.3 is 14.1 Å². The van der Waals surface area contributed by atoms with Gasteiger partial charge in [0.05, 0.1) is 31.2 Å². The zero-order valence-electron chi connectivity index (χ0n) is 15.9. The molecule has 0 bridgehead atoms. The molecular formula is C21H23FN2O4. The van der Waals surface area contributed by atoms with Crippen LogP contribution in [0.3, 0.4) is 0 Å². The first kappa shape index (κ1) is 21.2. The Balaban J connectivity index is 1.95. The third kappa shape index (κ3) is 6.23. The van der Waals surface area contributed by atoms with Gasteiger partial charge in [-0.2, -0.15) is 5.26 Å². The second-order valence-electron chi connectivity index (χ2n) is 6.56. The van der Waals surface area contributed by atoms with Crippen molar-refractivity contribution in [1.29, 1.82) is 5.26 Å². The SMILES string of the molecule is CC(Cc1cccc(F)c1)C(=O)OC(C)C(=O)N(CCC#N)Cc1ccco1.